The molecule has 2 rings (SSSR count). The van der Waals surface area contributed by atoms with Crippen LogP contribution in [-0.4, -0.2) is 25.4 Å². The van der Waals surface area contributed by atoms with E-state index >= 15 is 0 Å². The third-order valence-corrected chi connectivity index (χ3v) is 3.30. The lowest BCUT2D eigenvalue weighted by Crippen LogP contribution is -2.16. The molecule has 0 aromatic carbocycles. The van der Waals surface area contributed by atoms with Crippen LogP contribution in [0, 0.1) is 10.1 Å². The van der Waals surface area contributed by atoms with Gasteiger partial charge in [0.25, 0.3) is 11.6 Å². The molecule has 10 heteroatoms. The summed E-state index contributed by atoms with van der Waals surface area (Å²) in [4.78, 5) is 30.2. The Bertz CT molecular complexity index is 700. The third kappa shape index (κ3) is 3.02. The molecule has 0 unspecified atom stereocenters. The van der Waals surface area contributed by atoms with Crippen LogP contribution in [-0.2, 0) is 7.05 Å². The van der Waals surface area contributed by atoms with Crippen molar-refractivity contribution < 1.29 is 9.72 Å². The number of halogens is 2. The van der Waals surface area contributed by atoms with Crippen molar-refractivity contribution in [1.29, 1.82) is 0 Å². The summed E-state index contributed by atoms with van der Waals surface area (Å²) in [5.74, 6) is -0.292. The topological polar surface area (TPSA) is 103 Å². The van der Waals surface area contributed by atoms with Crippen LogP contribution in [0.5, 0.6) is 0 Å². The average molecular weight is 405 g/mol. The highest BCUT2D eigenvalue weighted by atomic mass is 79.9. The number of aryl methyl sites for hydroxylation is 1. The Morgan fingerprint density at radius 3 is 2.75 bits per heavy atom. The summed E-state index contributed by atoms with van der Waals surface area (Å²) in [7, 11) is 1.55. The van der Waals surface area contributed by atoms with Gasteiger partial charge in [0.2, 0.25) is 0 Å². The van der Waals surface area contributed by atoms with Crippen LogP contribution >= 0.6 is 31.9 Å². The second kappa shape index (κ2) is 5.67. The number of aromatic nitrogens is 3. The van der Waals surface area contributed by atoms with Gasteiger partial charge in [-0.15, -0.1) is 0 Å². The first kappa shape index (κ1) is 14.6. The molecule has 8 nitrogen and oxygen atoms in total. The first-order chi connectivity index (χ1) is 9.38. The van der Waals surface area contributed by atoms with E-state index in [0.29, 0.717) is 9.21 Å². The molecule has 1 amide bonds. The number of nitro groups is 1. The fraction of sp³-hybridized carbons (Fsp3) is 0.100. The number of carbonyl (C=O) groups is 1. The number of nitrogens with one attached hydrogen (secondary N) is 1. The van der Waals surface area contributed by atoms with E-state index in [1.54, 1.807) is 7.05 Å². The largest absolute Gasteiger partial charge is 0.340 e. The highest BCUT2D eigenvalue weighted by Crippen LogP contribution is 2.21. The lowest BCUT2D eigenvalue weighted by atomic mass is 10.4. The minimum Gasteiger partial charge on any atom is -0.340 e. The summed E-state index contributed by atoms with van der Waals surface area (Å²) in [5, 5.41) is 13.2. The van der Waals surface area contributed by atoms with Crippen molar-refractivity contribution in [3.8, 4) is 0 Å². The molecule has 0 saturated carbocycles. The number of anilines is 1. The van der Waals surface area contributed by atoms with Crippen LogP contribution in [0.15, 0.2) is 27.7 Å². The highest BCUT2D eigenvalue weighted by Gasteiger charge is 2.19. The maximum Gasteiger partial charge on any atom is 0.287 e. The summed E-state index contributed by atoms with van der Waals surface area (Å²) in [6.45, 7) is 0. The molecule has 2 aromatic rings. The summed E-state index contributed by atoms with van der Waals surface area (Å²) in [6, 6.07) is 1.19. The van der Waals surface area contributed by atoms with Crippen LogP contribution in [0.1, 0.15) is 10.5 Å². The maximum absolute atomic E-state index is 12.1. The van der Waals surface area contributed by atoms with Crippen LogP contribution in [0.2, 0.25) is 0 Å². The van der Waals surface area contributed by atoms with Gasteiger partial charge in [0.1, 0.15) is 14.9 Å². The second-order valence-corrected chi connectivity index (χ2v) is 5.30. The molecule has 104 valence electrons. The summed E-state index contributed by atoms with van der Waals surface area (Å²) < 4.78 is 2.23. The summed E-state index contributed by atoms with van der Waals surface area (Å²) >= 11 is 6.30. The van der Waals surface area contributed by atoms with E-state index in [1.807, 2.05) is 0 Å². The third-order valence-electron chi connectivity index (χ3n) is 2.37. The van der Waals surface area contributed by atoms with Crippen LogP contribution in [0.4, 0.5) is 11.5 Å². The SMILES string of the molecule is Cn1cc([N+](=O)[O-])cc1C(=O)Nc1ncc(Br)nc1Br. The smallest absolute Gasteiger partial charge is 0.287 e. The van der Waals surface area contributed by atoms with Gasteiger partial charge in [-0.1, -0.05) is 0 Å². The molecule has 0 fully saturated rings. The molecular weight excluding hydrogens is 398 g/mol. The molecule has 0 spiro atoms. The zero-order chi connectivity index (χ0) is 14.9. The van der Waals surface area contributed by atoms with Crippen molar-refractivity contribution in [1.82, 2.24) is 14.5 Å². The number of amides is 1. The molecular formula is C10H7Br2N5O3. The van der Waals surface area contributed by atoms with Gasteiger partial charge in [-0.2, -0.15) is 0 Å². The van der Waals surface area contributed by atoms with Gasteiger partial charge in [-0.05, 0) is 31.9 Å². The van der Waals surface area contributed by atoms with Crippen molar-refractivity contribution in [2.24, 2.45) is 7.05 Å². The number of hydrogen-bond donors (Lipinski definition) is 1. The van der Waals surface area contributed by atoms with Gasteiger partial charge in [0, 0.05) is 13.1 Å². The van der Waals surface area contributed by atoms with E-state index in [2.05, 4.69) is 47.1 Å². The first-order valence-electron chi connectivity index (χ1n) is 5.18. The molecule has 0 aliphatic carbocycles. The van der Waals surface area contributed by atoms with E-state index in [1.165, 1.54) is 23.0 Å². The molecule has 0 bridgehead atoms. The molecule has 0 aliphatic rings. The van der Waals surface area contributed by atoms with E-state index in [9.17, 15) is 14.9 Å². The Balaban J connectivity index is 2.26. The molecule has 0 radical (unpaired) electrons. The van der Waals surface area contributed by atoms with E-state index in [-0.39, 0.29) is 17.2 Å². The van der Waals surface area contributed by atoms with Crippen molar-refractivity contribution in [2.75, 3.05) is 5.32 Å². The van der Waals surface area contributed by atoms with Crippen LogP contribution < -0.4 is 5.32 Å². The zero-order valence-corrected chi connectivity index (χ0v) is 13.2. The molecule has 1 N–H and O–H groups in total. The van der Waals surface area contributed by atoms with E-state index in [0.717, 1.165) is 0 Å². The number of rotatable bonds is 3. The Hall–Kier alpha value is -1.81. The van der Waals surface area contributed by atoms with Crippen molar-refractivity contribution in [3.05, 3.63) is 43.5 Å². The summed E-state index contributed by atoms with van der Waals surface area (Å²) in [5.41, 5.74) is -0.00748. The summed E-state index contributed by atoms with van der Waals surface area (Å²) in [6.07, 6.45) is 2.69. The Morgan fingerprint density at radius 2 is 2.20 bits per heavy atom. The monoisotopic (exact) mass is 403 g/mol. The zero-order valence-electron chi connectivity index (χ0n) is 10.0. The minimum absolute atomic E-state index is 0.147. The van der Waals surface area contributed by atoms with Crippen molar-refractivity contribution in [2.45, 2.75) is 0 Å². The van der Waals surface area contributed by atoms with E-state index < -0.39 is 10.8 Å². The fourth-order valence-corrected chi connectivity index (χ4v) is 2.38. The van der Waals surface area contributed by atoms with Crippen LogP contribution in [0.3, 0.4) is 0 Å². The first-order valence-corrected chi connectivity index (χ1v) is 6.77. The predicted molar refractivity (Wildman–Crippen MR) is 77.5 cm³/mol. The van der Waals surface area contributed by atoms with Crippen molar-refractivity contribution >= 4 is 49.3 Å². The van der Waals surface area contributed by atoms with Crippen molar-refractivity contribution in [3.63, 3.8) is 0 Å². The number of hydrogen-bond acceptors (Lipinski definition) is 5. The molecule has 2 heterocycles. The molecule has 0 saturated heterocycles. The average Bonchev–Trinajstić information content (AvgIpc) is 2.75. The molecule has 0 atom stereocenters. The van der Waals surface area contributed by atoms with Gasteiger partial charge in [-0.3, -0.25) is 14.9 Å². The van der Waals surface area contributed by atoms with Gasteiger partial charge >= 0.3 is 0 Å². The number of nitrogens with zero attached hydrogens (tertiary/aromatic N) is 4. The lowest BCUT2D eigenvalue weighted by Gasteiger charge is -2.06. The maximum atomic E-state index is 12.1. The van der Waals surface area contributed by atoms with Gasteiger partial charge < -0.3 is 9.88 Å². The predicted octanol–water partition coefficient (Wildman–Crippen LogP) is 2.50. The lowest BCUT2D eigenvalue weighted by molar-refractivity contribution is -0.384. The highest BCUT2D eigenvalue weighted by molar-refractivity contribution is 9.11. The molecule has 20 heavy (non-hydrogen) atoms. The van der Waals surface area contributed by atoms with Gasteiger partial charge in [0.15, 0.2) is 5.82 Å². The van der Waals surface area contributed by atoms with Crippen LogP contribution in [0.25, 0.3) is 0 Å². The quantitative estimate of drug-likeness (QED) is 0.625. The normalized spacial score (nSPS) is 10.3. The fourth-order valence-electron chi connectivity index (χ4n) is 1.47. The Labute approximate surface area is 129 Å². The number of carbonyl (C=O) groups excluding carboxylic acids is 1. The van der Waals surface area contributed by atoms with Gasteiger partial charge in [-0.25, -0.2) is 9.97 Å². The Kier molecular flexibility index (Phi) is 4.14. The minimum atomic E-state index is -0.563. The molecule has 0 aliphatic heterocycles. The molecule has 2 aromatic heterocycles. The van der Waals surface area contributed by atoms with Gasteiger partial charge in [0.05, 0.1) is 17.3 Å². The standard InChI is InChI=1S/C10H7Br2N5O3/c1-16-4-5(17(19)20)2-6(16)10(18)15-9-8(12)14-7(11)3-13-9/h2-4H,1H3,(H,13,15,18). The second-order valence-electron chi connectivity index (χ2n) is 3.74. The van der Waals surface area contributed by atoms with E-state index in [4.69, 9.17) is 0 Å². The Morgan fingerprint density at radius 1 is 1.50 bits per heavy atom.